The first kappa shape index (κ1) is 13.7. The van der Waals surface area contributed by atoms with Crippen LogP contribution >= 0.6 is 0 Å². The fourth-order valence-corrected chi connectivity index (χ4v) is 1.82. The lowest BCUT2D eigenvalue weighted by atomic mass is 10.1. The third-order valence-electron chi connectivity index (χ3n) is 2.92. The molecule has 2 N–H and O–H groups in total. The average Bonchev–Trinajstić information content (AvgIpc) is 2.78. The first-order chi connectivity index (χ1) is 9.20. The number of unbranched alkanes of at least 4 members (excludes halogenated alkanes) is 1. The number of ether oxygens (including phenoxy) is 3. The van der Waals surface area contributed by atoms with Crippen LogP contribution < -0.4 is 15.2 Å². The molecule has 1 aromatic rings. The third kappa shape index (κ3) is 3.61. The lowest BCUT2D eigenvalue weighted by molar-refractivity contribution is -0.146. The fourth-order valence-electron chi connectivity index (χ4n) is 1.82. The maximum Gasteiger partial charge on any atom is 0.344 e. The highest BCUT2D eigenvalue weighted by atomic mass is 16.6. The summed E-state index contributed by atoms with van der Waals surface area (Å²) in [6.07, 6.45) is 1.87. The molecule has 0 spiro atoms. The van der Waals surface area contributed by atoms with E-state index >= 15 is 0 Å². The molecule has 0 saturated carbocycles. The molecule has 1 unspecified atom stereocenters. The topological polar surface area (TPSA) is 70.8 Å². The lowest BCUT2D eigenvalue weighted by Gasteiger charge is -2.08. The Morgan fingerprint density at radius 2 is 2.37 bits per heavy atom. The lowest BCUT2D eigenvalue weighted by Crippen LogP contribution is -2.15. The van der Waals surface area contributed by atoms with Gasteiger partial charge in [-0.15, -0.1) is 0 Å². The minimum Gasteiger partial charge on any atom is -0.491 e. The quantitative estimate of drug-likeness (QED) is 0.627. The Hall–Kier alpha value is -1.75. The molecule has 0 fully saturated rings. The van der Waals surface area contributed by atoms with Gasteiger partial charge in [-0.1, -0.05) is 13.3 Å². The standard InChI is InChI=1S/C14H19NO4/c1-2-3-6-17-14(16)9-18-10-4-5-11-12(15)8-19-13(11)7-10/h4-5,7,12H,2-3,6,8-9,15H2,1H3. The molecule has 1 aromatic carbocycles. The van der Waals surface area contributed by atoms with Gasteiger partial charge in [-0.3, -0.25) is 0 Å². The van der Waals surface area contributed by atoms with Crippen molar-refractivity contribution in [2.45, 2.75) is 25.8 Å². The molecule has 0 amide bonds. The van der Waals surface area contributed by atoms with Gasteiger partial charge in [0.1, 0.15) is 18.1 Å². The molecule has 1 atom stereocenters. The van der Waals surface area contributed by atoms with E-state index in [0.717, 1.165) is 24.2 Å². The smallest absolute Gasteiger partial charge is 0.344 e. The normalized spacial score (nSPS) is 16.6. The summed E-state index contributed by atoms with van der Waals surface area (Å²) in [5.74, 6) is 0.955. The van der Waals surface area contributed by atoms with E-state index in [9.17, 15) is 4.79 Å². The Bertz CT molecular complexity index is 447. The molecule has 0 radical (unpaired) electrons. The summed E-state index contributed by atoms with van der Waals surface area (Å²) >= 11 is 0. The van der Waals surface area contributed by atoms with Gasteiger partial charge in [0, 0.05) is 11.6 Å². The first-order valence-electron chi connectivity index (χ1n) is 6.51. The molecule has 104 valence electrons. The number of esters is 1. The van der Waals surface area contributed by atoms with Gasteiger partial charge in [0.05, 0.1) is 12.6 Å². The molecule has 19 heavy (non-hydrogen) atoms. The molecule has 0 aromatic heterocycles. The van der Waals surface area contributed by atoms with Crippen LogP contribution in [0.25, 0.3) is 0 Å². The Morgan fingerprint density at radius 3 is 3.16 bits per heavy atom. The van der Waals surface area contributed by atoms with Crippen LogP contribution in [0.1, 0.15) is 31.4 Å². The van der Waals surface area contributed by atoms with Gasteiger partial charge < -0.3 is 19.9 Å². The molecular weight excluding hydrogens is 246 g/mol. The second kappa shape index (κ2) is 6.43. The number of benzene rings is 1. The summed E-state index contributed by atoms with van der Waals surface area (Å²) < 4.78 is 15.8. The minimum absolute atomic E-state index is 0.0805. The van der Waals surface area contributed by atoms with Gasteiger partial charge in [-0.2, -0.15) is 0 Å². The average molecular weight is 265 g/mol. The highest BCUT2D eigenvalue weighted by molar-refractivity contribution is 5.71. The zero-order valence-corrected chi connectivity index (χ0v) is 11.1. The summed E-state index contributed by atoms with van der Waals surface area (Å²) in [5, 5.41) is 0. The highest BCUT2D eigenvalue weighted by Crippen LogP contribution is 2.33. The summed E-state index contributed by atoms with van der Waals surface area (Å²) in [6, 6.07) is 5.32. The van der Waals surface area contributed by atoms with Crippen LogP contribution in [0.4, 0.5) is 0 Å². The van der Waals surface area contributed by atoms with Crippen molar-refractivity contribution in [2.75, 3.05) is 19.8 Å². The van der Waals surface area contributed by atoms with E-state index in [1.165, 1.54) is 0 Å². The van der Waals surface area contributed by atoms with Crippen molar-refractivity contribution in [3.63, 3.8) is 0 Å². The number of carbonyl (C=O) groups is 1. The van der Waals surface area contributed by atoms with Crippen molar-refractivity contribution in [2.24, 2.45) is 5.73 Å². The predicted octanol–water partition coefficient (Wildman–Crippen LogP) is 1.80. The van der Waals surface area contributed by atoms with Crippen LogP contribution in [0.5, 0.6) is 11.5 Å². The number of nitrogens with two attached hydrogens (primary N) is 1. The molecule has 1 heterocycles. The Labute approximate surface area is 112 Å². The number of carbonyl (C=O) groups excluding carboxylic acids is 1. The van der Waals surface area contributed by atoms with Crippen LogP contribution in [-0.2, 0) is 9.53 Å². The zero-order chi connectivity index (χ0) is 13.7. The Kier molecular flexibility index (Phi) is 4.63. The van der Waals surface area contributed by atoms with E-state index in [2.05, 4.69) is 0 Å². The monoisotopic (exact) mass is 265 g/mol. The van der Waals surface area contributed by atoms with Crippen LogP contribution in [0.3, 0.4) is 0 Å². The molecule has 1 aliphatic rings. The van der Waals surface area contributed by atoms with E-state index in [1.54, 1.807) is 12.1 Å². The fraction of sp³-hybridized carbons (Fsp3) is 0.500. The Morgan fingerprint density at radius 1 is 1.53 bits per heavy atom. The van der Waals surface area contributed by atoms with Crippen LogP contribution in [0, 0.1) is 0 Å². The van der Waals surface area contributed by atoms with E-state index in [0.29, 0.717) is 19.0 Å². The minimum atomic E-state index is -0.355. The first-order valence-corrected chi connectivity index (χ1v) is 6.51. The van der Waals surface area contributed by atoms with Gasteiger partial charge >= 0.3 is 5.97 Å². The second-order valence-corrected chi connectivity index (χ2v) is 4.48. The number of rotatable bonds is 6. The molecule has 0 aliphatic carbocycles. The predicted molar refractivity (Wildman–Crippen MR) is 70.2 cm³/mol. The van der Waals surface area contributed by atoms with Crippen molar-refractivity contribution in [1.29, 1.82) is 0 Å². The van der Waals surface area contributed by atoms with E-state index in [-0.39, 0.29) is 18.6 Å². The maximum atomic E-state index is 11.4. The van der Waals surface area contributed by atoms with E-state index in [1.807, 2.05) is 13.0 Å². The van der Waals surface area contributed by atoms with Gasteiger partial charge in [0.2, 0.25) is 0 Å². The molecule has 2 rings (SSSR count). The van der Waals surface area contributed by atoms with Gasteiger partial charge in [0.15, 0.2) is 6.61 Å². The largest absolute Gasteiger partial charge is 0.491 e. The summed E-state index contributed by atoms with van der Waals surface area (Å²) in [5.41, 5.74) is 6.82. The molecule has 0 bridgehead atoms. The van der Waals surface area contributed by atoms with Crippen LogP contribution in [0.2, 0.25) is 0 Å². The van der Waals surface area contributed by atoms with Gasteiger partial charge in [-0.25, -0.2) is 4.79 Å². The van der Waals surface area contributed by atoms with E-state index in [4.69, 9.17) is 19.9 Å². The van der Waals surface area contributed by atoms with Gasteiger partial charge in [0.25, 0.3) is 0 Å². The van der Waals surface area contributed by atoms with Crippen molar-refractivity contribution in [3.8, 4) is 11.5 Å². The van der Waals surface area contributed by atoms with Crippen LogP contribution in [0.15, 0.2) is 18.2 Å². The maximum absolute atomic E-state index is 11.4. The number of hydrogen-bond acceptors (Lipinski definition) is 5. The number of hydrogen-bond donors (Lipinski definition) is 1. The van der Waals surface area contributed by atoms with Crippen molar-refractivity contribution in [3.05, 3.63) is 23.8 Å². The third-order valence-corrected chi connectivity index (χ3v) is 2.92. The SMILES string of the molecule is CCCCOC(=O)COc1ccc2c(c1)OCC2N. The molecule has 1 aliphatic heterocycles. The number of fused-ring (bicyclic) bond motifs is 1. The molecule has 5 nitrogen and oxygen atoms in total. The zero-order valence-electron chi connectivity index (χ0n) is 11.1. The second-order valence-electron chi connectivity index (χ2n) is 4.48. The summed E-state index contributed by atoms with van der Waals surface area (Å²) in [7, 11) is 0. The van der Waals surface area contributed by atoms with Crippen LogP contribution in [-0.4, -0.2) is 25.8 Å². The molecular formula is C14H19NO4. The Balaban J connectivity index is 1.82. The molecule has 0 saturated heterocycles. The molecule has 5 heteroatoms. The van der Waals surface area contributed by atoms with Crippen molar-refractivity contribution in [1.82, 2.24) is 0 Å². The highest BCUT2D eigenvalue weighted by Gasteiger charge is 2.20. The van der Waals surface area contributed by atoms with Crippen molar-refractivity contribution < 1.29 is 19.0 Å². The summed E-state index contributed by atoms with van der Waals surface area (Å²) in [6.45, 7) is 2.88. The van der Waals surface area contributed by atoms with E-state index < -0.39 is 0 Å². The van der Waals surface area contributed by atoms with Gasteiger partial charge in [-0.05, 0) is 18.6 Å². The summed E-state index contributed by atoms with van der Waals surface area (Å²) in [4.78, 5) is 11.4. The van der Waals surface area contributed by atoms with Crippen molar-refractivity contribution >= 4 is 5.97 Å².